The van der Waals surface area contributed by atoms with Crippen molar-refractivity contribution in [1.82, 2.24) is 0 Å². The zero-order chi connectivity index (χ0) is 23.1. The van der Waals surface area contributed by atoms with Gasteiger partial charge in [-0.25, -0.2) is 0 Å². The van der Waals surface area contributed by atoms with E-state index in [9.17, 15) is 0 Å². The van der Waals surface area contributed by atoms with Gasteiger partial charge in [0, 0.05) is 16.8 Å². The van der Waals surface area contributed by atoms with Crippen molar-refractivity contribution in [2.45, 2.75) is 32.1 Å². The van der Waals surface area contributed by atoms with Crippen LogP contribution < -0.4 is 5.32 Å². The Hall–Kier alpha value is -3.84. The summed E-state index contributed by atoms with van der Waals surface area (Å²) in [6.07, 6.45) is 6.98. The van der Waals surface area contributed by atoms with E-state index in [1.165, 1.54) is 44.5 Å². The van der Waals surface area contributed by atoms with Crippen molar-refractivity contribution >= 4 is 16.9 Å². The Morgan fingerprint density at radius 1 is 0.647 bits per heavy atom. The number of nitrogens with one attached hydrogen (secondary N) is 1. The van der Waals surface area contributed by atoms with Crippen LogP contribution in [0.1, 0.15) is 37.8 Å². The molecule has 2 aliphatic carbocycles. The number of allylic oxidation sites excluding steroid dienone is 4. The largest absolute Gasteiger partial charge is 0.355 e. The first-order valence-electron chi connectivity index (χ1n) is 12.2. The van der Waals surface area contributed by atoms with Crippen molar-refractivity contribution in [2.75, 3.05) is 5.32 Å². The van der Waals surface area contributed by atoms with Crippen LogP contribution in [0.4, 0.5) is 11.4 Å². The van der Waals surface area contributed by atoms with Gasteiger partial charge in [-0.3, -0.25) is 0 Å². The zero-order valence-corrected chi connectivity index (χ0v) is 19.8. The van der Waals surface area contributed by atoms with Crippen LogP contribution in [-0.4, -0.2) is 0 Å². The molecule has 0 bridgehead atoms. The molecule has 0 heterocycles. The number of anilines is 2. The van der Waals surface area contributed by atoms with E-state index < -0.39 is 0 Å². The Bertz CT molecular complexity index is 1440. The molecule has 1 nitrogen and oxygen atoms in total. The minimum atomic E-state index is 0.0195. The third-order valence-corrected chi connectivity index (χ3v) is 7.29. The third kappa shape index (κ3) is 3.49. The molecule has 0 unspecified atom stereocenters. The summed E-state index contributed by atoms with van der Waals surface area (Å²) >= 11 is 0. The van der Waals surface area contributed by atoms with E-state index in [1.54, 1.807) is 0 Å². The molecule has 0 aliphatic heterocycles. The normalized spacial score (nSPS) is 15.7. The lowest BCUT2D eigenvalue weighted by molar-refractivity contribution is 0.653. The molecule has 0 fully saturated rings. The van der Waals surface area contributed by atoms with Crippen LogP contribution in [0.5, 0.6) is 0 Å². The highest BCUT2D eigenvalue weighted by Crippen LogP contribution is 2.53. The summed E-state index contributed by atoms with van der Waals surface area (Å²) in [5.74, 6) is 0. The highest BCUT2D eigenvalue weighted by molar-refractivity contribution is 5.89. The maximum Gasteiger partial charge on any atom is 0.0390 e. The summed E-state index contributed by atoms with van der Waals surface area (Å²) in [6.45, 7) is 4.76. The molecule has 166 valence electrons. The fraction of sp³-hybridized carbons (Fsp3) is 0.152. The van der Waals surface area contributed by atoms with Crippen molar-refractivity contribution in [3.8, 4) is 22.3 Å². The van der Waals surface area contributed by atoms with Crippen LogP contribution in [0, 0.1) is 0 Å². The van der Waals surface area contributed by atoms with Gasteiger partial charge in [0.2, 0.25) is 0 Å². The van der Waals surface area contributed by atoms with Crippen LogP contribution in [0.15, 0.2) is 115 Å². The second kappa shape index (κ2) is 8.18. The van der Waals surface area contributed by atoms with Gasteiger partial charge in [-0.15, -0.1) is 0 Å². The predicted molar refractivity (Wildman–Crippen MR) is 145 cm³/mol. The van der Waals surface area contributed by atoms with Crippen LogP contribution in [0.2, 0.25) is 0 Å². The second-order valence-corrected chi connectivity index (χ2v) is 9.84. The van der Waals surface area contributed by atoms with Crippen LogP contribution in [-0.2, 0) is 5.41 Å². The van der Waals surface area contributed by atoms with Crippen molar-refractivity contribution < 1.29 is 0 Å². The lowest BCUT2D eigenvalue weighted by Crippen LogP contribution is -2.17. The molecule has 1 heteroatoms. The topological polar surface area (TPSA) is 12.0 Å². The van der Waals surface area contributed by atoms with Gasteiger partial charge in [0.1, 0.15) is 0 Å². The molecule has 0 saturated heterocycles. The van der Waals surface area contributed by atoms with Gasteiger partial charge >= 0.3 is 0 Å². The van der Waals surface area contributed by atoms with Gasteiger partial charge in [-0.2, -0.15) is 0 Å². The van der Waals surface area contributed by atoms with Gasteiger partial charge in [0.15, 0.2) is 0 Å². The molecule has 0 radical (unpaired) electrons. The molecule has 34 heavy (non-hydrogen) atoms. The smallest absolute Gasteiger partial charge is 0.0390 e. The van der Waals surface area contributed by atoms with E-state index in [-0.39, 0.29) is 5.41 Å². The number of hydrogen-bond acceptors (Lipinski definition) is 1. The molecule has 2 aliphatic rings. The Morgan fingerprint density at radius 3 is 2.09 bits per heavy atom. The summed E-state index contributed by atoms with van der Waals surface area (Å²) in [4.78, 5) is 0. The van der Waals surface area contributed by atoms with Gasteiger partial charge in [-0.05, 0) is 81.6 Å². The van der Waals surface area contributed by atoms with Crippen molar-refractivity contribution in [2.24, 2.45) is 0 Å². The third-order valence-electron chi connectivity index (χ3n) is 7.29. The molecule has 1 N–H and O–H groups in total. The van der Waals surface area contributed by atoms with Gasteiger partial charge < -0.3 is 5.32 Å². The average molecular weight is 440 g/mol. The Labute approximate surface area is 202 Å². The van der Waals surface area contributed by atoms with Gasteiger partial charge in [-0.1, -0.05) is 98.8 Å². The second-order valence-electron chi connectivity index (χ2n) is 9.84. The number of fused-ring (bicyclic) bond motifs is 2. The molecule has 0 aromatic heterocycles. The van der Waals surface area contributed by atoms with Crippen LogP contribution in [0.25, 0.3) is 27.8 Å². The fourth-order valence-electron chi connectivity index (χ4n) is 5.72. The lowest BCUT2D eigenvalue weighted by atomic mass is 9.77. The Morgan fingerprint density at radius 2 is 1.29 bits per heavy atom. The van der Waals surface area contributed by atoms with Gasteiger partial charge in [0.25, 0.3) is 0 Å². The van der Waals surface area contributed by atoms with Crippen LogP contribution in [0.3, 0.4) is 0 Å². The minimum Gasteiger partial charge on any atom is -0.355 e. The average Bonchev–Trinajstić information content (AvgIpc) is 3.12. The maximum absolute atomic E-state index is 3.64. The van der Waals surface area contributed by atoms with E-state index >= 15 is 0 Å². The predicted octanol–water partition coefficient (Wildman–Crippen LogP) is 9.16. The molecule has 6 rings (SSSR count). The van der Waals surface area contributed by atoms with Crippen molar-refractivity contribution in [3.05, 3.63) is 126 Å². The molecular formula is C33H29N. The summed E-state index contributed by atoms with van der Waals surface area (Å²) in [7, 11) is 0. The molecule has 4 aromatic carbocycles. The first kappa shape index (κ1) is 20.7. The van der Waals surface area contributed by atoms with E-state index in [0.29, 0.717) is 0 Å². The van der Waals surface area contributed by atoms with E-state index in [1.807, 2.05) is 0 Å². The molecule has 0 saturated carbocycles. The Kier molecular flexibility index (Phi) is 4.99. The van der Waals surface area contributed by atoms with Crippen LogP contribution >= 0.6 is 0 Å². The monoisotopic (exact) mass is 439 g/mol. The highest BCUT2D eigenvalue weighted by Gasteiger charge is 2.38. The zero-order valence-electron chi connectivity index (χ0n) is 19.8. The minimum absolute atomic E-state index is 0.0195. The van der Waals surface area contributed by atoms with Crippen molar-refractivity contribution in [3.63, 3.8) is 0 Å². The molecule has 0 amide bonds. The first-order chi connectivity index (χ1) is 16.6. The molecule has 0 spiro atoms. The SMILES string of the molecule is CC1(C)C2=C(CCC=C2)c2cccc(-c3cccc(Nc4cccc(-c5ccccc5)c4)c3)c21. The highest BCUT2D eigenvalue weighted by atomic mass is 14.9. The Balaban J connectivity index is 1.36. The van der Waals surface area contributed by atoms with E-state index in [2.05, 4.69) is 128 Å². The van der Waals surface area contributed by atoms with Crippen molar-refractivity contribution in [1.29, 1.82) is 0 Å². The van der Waals surface area contributed by atoms with E-state index in [4.69, 9.17) is 0 Å². The standard InChI is InChI=1S/C33H29N/c1-33(2)31-20-7-6-17-29(31)30-19-10-18-28(32(30)33)25-14-9-16-27(22-25)34-26-15-8-13-24(21-26)23-11-4-3-5-12-23/h3-5,7-16,18-22,34H,6,17H2,1-2H3. The molecule has 4 aromatic rings. The number of benzene rings is 4. The molecule has 0 atom stereocenters. The van der Waals surface area contributed by atoms with Gasteiger partial charge in [0.05, 0.1) is 0 Å². The molecular weight excluding hydrogens is 410 g/mol. The van der Waals surface area contributed by atoms with E-state index in [0.717, 1.165) is 24.2 Å². The maximum atomic E-state index is 3.64. The summed E-state index contributed by atoms with van der Waals surface area (Å²) in [5.41, 5.74) is 13.2. The number of hydrogen-bond donors (Lipinski definition) is 1. The summed E-state index contributed by atoms with van der Waals surface area (Å²) in [6, 6.07) is 34.8. The quantitative estimate of drug-likeness (QED) is 0.334. The summed E-state index contributed by atoms with van der Waals surface area (Å²) < 4.78 is 0. The first-order valence-corrected chi connectivity index (χ1v) is 12.2. The lowest BCUT2D eigenvalue weighted by Gasteiger charge is -2.26. The number of rotatable bonds is 4. The fourth-order valence-corrected chi connectivity index (χ4v) is 5.72. The summed E-state index contributed by atoms with van der Waals surface area (Å²) in [5, 5.41) is 3.64.